The molecule has 0 spiro atoms. The van der Waals surface area contributed by atoms with Crippen LogP contribution in [-0.2, 0) is 9.53 Å². The second-order valence-corrected chi connectivity index (χ2v) is 6.99. The van der Waals surface area contributed by atoms with Gasteiger partial charge in [-0.2, -0.15) is 0 Å². The molecule has 8 heteroatoms. The van der Waals surface area contributed by atoms with E-state index in [0.717, 1.165) is 0 Å². The van der Waals surface area contributed by atoms with E-state index in [-0.39, 0.29) is 6.61 Å². The molecule has 1 heterocycles. The zero-order valence-corrected chi connectivity index (χ0v) is 17.8. The van der Waals surface area contributed by atoms with Crippen LogP contribution in [0.25, 0.3) is 5.70 Å². The first-order valence-corrected chi connectivity index (χ1v) is 9.75. The summed E-state index contributed by atoms with van der Waals surface area (Å²) in [7, 11) is 3.06. The maximum absolute atomic E-state index is 12.9. The van der Waals surface area contributed by atoms with Gasteiger partial charge in [0.1, 0.15) is 0 Å². The molecule has 0 unspecified atom stereocenters. The summed E-state index contributed by atoms with van der Waals surface area (Å²) in [6, 6.07) is 11.4. The van der Waals surface area contributed by atoms with E-state index in [1.807, 2.05) is 30.3 Å². The first-order valence-electron chi connectivity index (χ1n) is 8.95. The monoisotopic (exact) mass is 460 g/mol. The molecule has 1 aliphatic rings. The third kappa shape index (κ3) is 4.22. The highest BCUT2D eigenvalue weighted by Crippen LogP contribution is 2.40. The number of urea groups is 1. The van der Waals surface area contributed by atoms with E-state index in [9.17, 15) is 9.59 Å². The molecule has 2 amide bonds. The van der Waals surface area contributed by atoms with Crippen molar-refractivity contribution in [1.29, 1.82) is 0 Å². The summed E-state index contributed by atoms with van der Waals surface area (Å²) in [5, 5.41) is 5.57. The van der Waals surface area contributed by atoms with Crippen LogP contribution < -0.4 is 20.1 Å². The minimum Gasteiger partial charge on any atom is -0.493 e. The number of benzene rings is 2. The average Bonchev–Trinajstić information content (AvgIpc) is 2.73. The van der Waals surface area contributed by atoms with Gasteiger partial charge in [-0.3, -0.25) is 0 Å². The maximum Gasteiger partial charge on any atom is 0.338 e. The Balaban J connectivity index is 2.23. The zero-order chi connectivity index (χ0) is 21.0. The van der Waals surface area contributed by atoms with E-state index in [1.54, 1.807) is 19.1 Å². The van der Waals surface area contributed by atoms with Gasteiger partial charge in [-0.05, 0) is 30.2 Å². The highest BCUT2D eigenvalue weighted by molar-refractivity contribution is 9.10. The number of amides is 2. The van der Waals surface area contributed by atoms with Crippen molar-refractivity contribution < 1.29 is 23.8 Å². The normalized spacial score (nSPS) is 16.0. The van der Waals surface area contributed by atoms with Gasteiger partial charge < -0.3 is 24.8 Å². The van der Waals surface area contributed by atoms with Crippen molar-refractivity contribution in [3.05, 3.63) is 63.6 Å². The van der Waals surface area contributed by atoms with Crippen LogP contribution in [0.1, 0.15) is 24.1 Å². The number of rotatable bonds is 6. The fourth-order valence-corrected chi connectivity index (χ4v) is 3.70. The summed E-state index contributed by atoms with van der Waals surface area (Å²) in [6.45, 7) is 1.94. The zero-order valence-electron chi connectivity index (χ0n) is 16.2. The Labute approximate surface area is 177 Å². The van der Waals surface area contributed by atoms with Crippen LogP contribution in [0.3, 0.4) is 0 Å². The molecule has 0 aliphatic carbocycles. The van der Waals surface area contributed by atoms with E-state index < -0.39 is 18.0 Å². The van der Waals surface area contributed by atoms with E-state index in [1.165, 1.54) is 14.2 Å². The first-order chi connectivity index (χ1) is 14.0. The van der Waals surface area contributed by atoms with Crippen LogP contribution in [0.4, 0.5) is 4.79 Å². The third-order valence-electron chi connectivity index (χ3n) is 4.44. The molecular weight excluding hydrogens is 440 g/mol. The fraction of sp³-hybridized carbons (Fsp3) is 0.238. The Hall–Kier alpha value is -3.00. The van der Waals surface area contributed by atoms with Crippen molar-refractivity contribution in [2.45, 2.75) is 13.0 Å². The Morgan fingerprint density at radius 2 is 1.76 bits per heavy atom. The quantitative estimate of drug-likeness (QED) is 0.640. The van der Waals surface area contributed by atoms with Crippen molar-refractivity contribution in [1.82, 2.24) is 10.6 Å². The van der Waals surface area contributed by atoms with Gasteiger partial charge in [0.25, 0.3) is 0 Å². The predicted molar refractivity (Wildman–Crippen MR) is 112 cm³/mol. The van der Waals surface area contributed by atoms with Gasteiger partial charge in [0.2, 0.25) is 0 Å². The number of nitrogens with one attached hydrogen (secondary N) is 2. The van der Waals surface area contributed by atoms with Crippen molar-refractivity contribution in [3.8, 4) is 11.5 Å². The maximum atomic E-state index is 12.9. The number of hydrogen-bond donors (Lipinski definition) is 2. The van der Waals surface area contributed by atoms with E-state index in [0.29, 0.717) is 38.4 Å². The predicted octanol–water partition coefficient (Wildman–Crippen LogP) is 3.79. The number of methoxy groups -OCH3 is 2. The molecule has 0 fully saturated rings. The number of halogens is 1. The lowest BCUT2D eigenvalue weighted by Gasteiger charge is -2.30. The molecule has 2 aromatic rings. The number of esters is 1. The van der Waals surface area contributed by atoms with Gasteiger partial charge >= 0.3 is 12.0 Å². The number of carbonyl (C=O) groups is 2. The molecular formula is C21H21BrN2O5. The molecule has 152 valence electrons. The van der Waals surface area contributed by atoms with E-state index in [4.69, 9.17) is 14.2 Å². The number of carbonyl (C=O) groups excluding carboxylic acids is 2. The van der Waals surface area contributed by atoms with E-state index in [2.05, 4.69) is 26.6 Å². The minimum atomic E-state index is -0.757. The molecule has 0 radical (unpaired) electrons. The summed E-state index contributed by atoms with van der Waals surface area (Å²) in [4.78, 5) is 25.4. The van der Waals surface area contributed by atoms with Gasteiger partial charge in [-0.25, -0.2) is 9.59 Å². The molecule has 2 aromatic carbocycles. The van der Waals surface area contributed by atoms with E-state index >= 15 is 0 Å². The van der Waals surface area contributed by atoms with Crippen LogP contribution in [-0.4, -0.2) is 32.8 Å². The lowest BCUT2D eigenvalue weighted by molar-refractivity contribution is -0.138. The lowest BCUT2D eigenvalue weighted by atomic mass is 9.92. The van der Waals surface area contributed by atoms with Crippen LogP contribution in [0.5, 0.6) is 11.5 Å². The average molecular weight is 461 g/mol. The van der Waals surface area contributed by atoms with Gasteiger partial charge in [0, 0.05) is 4.47 Å². The van der Waals surface area contributed by atoms with Crippen molar-refractivity contribution >= 4 is 33.6 Å². The second-order valence-electron chi connectivity index (χ2n) is 6.14. The molecule has 3 rings (SSSR count). The fourth-order valence-electron chi connectivity index (χ4n) is 3.15. The molecule has 0 saturated carbocycles. The van der Waals surface area contributed by atoms with Gasteiger partial charge in [0.05, 0.1) is 38.1 Å². The smallest absolute Gasteiger partial charge is 0.338 e. The van der Waals surface area contributed by atoms with Crippen LogP contribution in [0, 0.1) is 0 Å². The lowest BCUT2D eigenvalue weighted by Crippen LogP contribution is -2.45. The molecule has 2 N–H and O–H groups in total. The first kappa shape index (κ1) is 20.7. The molecule has 29 heavy (non-hydrogen) atoms. The highest BCUT2D eigenvalue weighted by Gasteiger charge is 2.35. The standard InChI is InChI=1S/C21H21BrN2O5/c1-4-29-20(25)17-18(12-8-6-5-7-9-12)23-21(26)24-19(17)13-10-15(27-2)16(28-3)11-14(13)22/h5-11,19H,4H2,1-3H3,(H2,23,24,26)/t19-/m0/s1. The second kappa shape index (κ2) is 9.00. The molecule has 0 aromatic heterocycles. The minimum absolute atomic E-state index is 0.207. The van der Waals surface area contributed by atoms with Crippen molar-refractivity contribution in [3.63, 3.8) is 0 Å². The highest BCUT2D eigenvalue weighted by atomic mass is 79.9. The van der Waals surface area contributed by atoms with Crippen LogP contribution in [0.15, 0.2) is 52.5 Å². The largest absolute Gasteiger partial charge is 0.493 e. The molecule has 0 saturated heterocycles. The third-order valence-corrected chi connectivity index (χ3v) is 5.13. The Bertz CT molecular complexity index is 959. The number of hydrogen-bond acceptors (Lipinski definition) is 5. The van der Waals surface area contributed by atoms with Gasteiger partial charge in [0.15, 0.2) is 11.5 Å². The number of ether oxygens (including phenoxy) is 3. The van der Waals surface area contributed by atoms with Gasteiger partial charge in [-0.15, -0.1) is 0 Å². The van der Waals surface area contributed by atoms with Crippen LogP contribution >= 0.6 is 15.9 Å². The topological polar surface area (TPSA) is 85.9 Å². The molecule has 1 aliphatic heterocycles. The molecule has 7 nitrogen and oxygen atoms in total. The summed E-state index contributed by atoms with van der Waals surface area (Å²) in [5.41, 5.74) is 2.03. The Morgan fingerprint density at radius 1 is 1.10 bits per heavy atom. The van der Waals surface area contributed by atoms with Crippen LogP contribution in [0.2, 0.25) is 0 Å². The summed E-state index contributed by atoms with van der Waals surface area (Å²) in [6.07, 6.45) is 0. The van der Waals surface area contributed by atoms with Gasteiger partial charge in [-0.1, -0.05) is 46.3 Å². The summed E-state index contributed by atoms with van der Waals surface area (Å²) in [5.74, 6) is 0.474. The summed E-state index contributed by atoms with van der Waals surface area (Å²) >= 11 is 3.52. The Morgan fingerprint density at radius 3 is 2.38 bits per heavy atom. The molecule has 1 atom stereocenters. The Kier molecular flexibility index (Phi) is 6.43. The van der Waals surface area contributed by atoms with Crippen molar-refractivity contribution in [2.24, 2.45) is 0 Å². The SMILES string of the molecule is CCOC(=O)C1=C(c2ccccc2)NC(=O)N[C@H]1c1cc(OC)c(OC)cc1Br. The summed E-state index contributed by atoms with van der Waals surface area (Å²) < 4.78 is 16.7. The molecule has 0 bridgehead atoms. The van der Waals surface area contributed by atoms with Crippen molar-refractivity contribution in [2.75, 3.05) is 20.8 Å².